The first-order valence-electron chi connectivity index (χ1n) is 13.6. The number of aromatic nitrogens is 3. The van der Waals surface area contributed by atoms with Crippen molar-refractivity contribution in [1.82, 2.24) is 25.2 Å². The van der Waals surface area contributed by atoms with Crippen molar-refractivity contribution in [2.75, 3.05) is 19.7 Å². The van der Waals surface area contributed by atoms with Gasteiger partial charge in [-0.3, -0.25) is 4.79 Å². The minimum absolute atomic E-state index is 0.173. The molecule has 9 nitrogen and oxygen atoms in total. The summed E-state index contributed by atoms with van der Waals surface area (Å²) in [6.07, 6.45) is -0.967. The molecule has 1 N–H and O–H groups in total. The first-order valence-corrected chi connectivity index (χ1v) is 14.4. The second-order valence-electron chi connectivity index (χ2n) is 11.5. The number of piperidine rings is 1. The molecule has 1 aliphatic rings. The van der Waals surface area contributed by atoms with Crippen LogP contribution in [0.5, 0.6) is 5.75 Å². The second kappa shape index (κ2) is 12.4. The lowest BCUT2D eigenvalue weighted by molar-refractivity contribution is -0.145. The van der Waals surface area contributed by atoms with E-state index >= 15 is 4.39 Å². The van der Waals surface area contributed by atoms with Gasteiger partial charge in [-0.15, -0.1) is 11.3 Å². The molecule has 1 aromatic carbocycles. The number of aryl methyl sites for hydroxylation is 1. The lowest BCUT2D eigenvalue weighted by Gasteiger charge is -2.37. The minimum atomic E-state index is -4.68. The normalized spacial score (nSPS) is 18.2. The topological polar surface area (TPSA) is 107 Å². The summed E-state index contributed by atoms with van der Waals surface area (Å²) in [7, 11) is 0. The Bertz CT molecular complexity index is 1460. The van der Waals surface area contributed by atoms with Gasteiger partial charge in [0.05, 0.1) is 12.6 Å². The van der Waals surface area contributed by atoms with Crippen LogP contribution in [0.1, 0.15) is 73.2 Å². The Labute approximate surface area is 250 Å². The third-order valence-corrected chi connectivity index (χ3v) is 7.45. The molecule has 3 aromatic rings. The van der Waals surface area contributed by atoms with Crippen molar-refractivity contribution in [2.45, 2.75) is 70.9 Å². The first-order chi connectivity index (χ1) is 20.0. The Morgan fingerprint density at radius 1 is 1.12 bits per heavy atom. The Kier molecular flexibility index (Phi) is 9.28. The maximum atomic E-state index is 15.9. The van der Waals surface area contributed by atoms with Crippen LogP contribution in [0.2, 0.25) is 0 Å². The van der Waals surface area contributed by atoms with Crippen molar-refractivity contribution in [3.05, 3.63) is 58.6 Å². The first kappa shape index (κ1) is 32.1. The monoisotopic (exact) mass is 623 g/mol. The molecule has 1 saturated heterocycles. The maximum absolute atomic E-state index is 15.9. The Balaban J connectivity index is 1.52. The van der Waals surface area contributed by atoms with Crippen LogP contribution in [-0.4, -0.2) is 62.8 Å². The van der Waals surface area contributed by atoms with Crippen LogP contribution in [0.4, 0.5) is 22.4 Å². The van der Waals surface area contributed by atoms with E-state index in [4.69, 9.17) is 9.47 Å². The van der Waals surface area contributed by atoms with Gasteiger partial charge >= 0.3 is 12.3 Å². The number of benzene rings is 1. The van der Waals surface area contributed by atoms with Gasteiger partial charge in [0.15, 0.2) is 5.67 Å². The average Bonchev–Trinajstić information content (AvgIpc) is 3.37. The van der Waals surface area contributed by atoms with Crippen LogP contribution in [0.25, 0.3) is 10.6 Å². The molecule has 2 aromatic heterocycles. The predicted octanol–water partition coefficient (Wildman–Crippen LogP) is 6.54. The molecule has 1 aliphatic heterocycles. The number of hydrogen-bond acceptors (Lipinski definition) is 8. The number of likely N-dealkylation sites (tertiary alicyclic amines) is 1. The van der Waals surface area contributed by atoms with Crippen LogP contribution < -0.4 is 10.1 Å². The molecule has 2 atom stereocenters. The number of amides is 2. The fourth-order valence-electron chi connectivity index (χ4n) is 4.40. The minimum Gasteiger partial charge on any atom is -0.490 e. The largest absolute Gasteiger partial charge is 0.490 e. The zero-order valence-corrected chi connectivity index (χ0v) is 25.2. The van der Waals surface area contributed by atoms with Gasteiger partial charge in [0, 0.05) is 46.7 Å². The number of carbonyl (C=O) groups excluding carboxylic acids is 2. The van der Waals surface area contributed by atoms with E-state index in [-0.39, 0.29) is 36.4 Å². The highest BCUT2D eigenvalue weighted by atomic mass is 32.1. The van der Waals surface area contributed by atoms with Crippen LogP contribution in [0.15, 0.2) is 36.8 Å². The number of nitrogens with one attached hydrogen (secondary N) is 1. The lowest BCUT2D eigenvalue weighted by Crippen LogP contribution is -2.51. The number of alkyl halides is 4. The van der Waals surface area contributed by atoms with Gasteiger partial charge in [-0.05, 0) is 65.7 Å². The number of rotatable bonds is 7. The molecule has 0 spiro atoms. The molecule has 232 valence electrons. The van der Waals surface area contributed by atoms with Gasteiger partial charge in [-0.2, -0.15) is 13.2 Å². The molecule has 4 rings (SSSR count). The standard InChI is InChI=1S/C29H33F4N5O4S/c1-17-12-34-24(43-17)20-9-19(23(39)37-18(2)21-13-35-25(36-14-21)29(31,32)33)10-22(11-20)41-16-28(30)7-6-8-38(15-28)26(40)42-27(3,4)5/h9-14,18H,6-8,15-16H2,1-5H3,(H,37,39). The molecule has 2 amide bonds. The van der Waals surface area contributed by atoms with Crippen LogP contribution in [0.3, 0.4) is 0 Å². The zero-order valence-electron chi connectivity index (χ0n) is 24.4. The van der Waals surface area contributed by atoms with Gasteiger partial charge in [0.2, 0.25) is 5.82 Å². The summed E-state index contributed by atoms with van der Waals surface area (Å²) in [4.78, 5) is 39.1. The van der Waals surface area contributed by atoms with Crippen molar-refractivity contribution < 1.29 is 36.6 Å². The molecule has 0 aliphatic carbocycles. The van der Waals surface area contributed by atoms with Crippen molar-refractivity contribution in [3.8, 4) is 16.3 Å². The summed E-state index contributed by atoms with van der Waals surface area (Å²) >= 11 is 1.40. The SMILES string of the molecule is Cc1cnc(-c2cc(OCC3(F)CCCN(C(=O)OC(C)(C)C)C3)cc(C(=O)NC(C)c3cnc(C(F)(F)F)nc3)c2)s1. The molecule has 3 heterocycles. The molecule has 0 bridgehead atoms. The van der Waals surface area contributed by atoms with Crippen LogP contribution >= 0.6 is 11.3 Å². The van der Waals surface area contributed by atoms with E-state index in [0.29, 0.717) is 23.5 Å². The van der Waals surface area contributed by atoms with Gasteiger partial charge < -0.3 is 19.7 Å². The number of carbonyl (C=O) groups is 2. The smallest absolute Gasteiger partial charge is 0.451 e. The van der Waals surface area contributed by atoms with E-state index in [9.17, 15) is 22.8 Å². The maximum Gasteiger partial charge on any atom is 0.451 e. The molecule has 2 unspecified atom stereocenters. The highest BCUT2D eigenvalue weighted by Gasteiger charge is 2.40. The fourth-order valence-corrected chi connectivity index (χ4v) is 5.15. The second-order valence-corrected chi connectivity index (χ2v) is 12.7. The number of hydrogen-bond donors (Lipinski definition) is 1. The van der Waals surface area contributed by atoms with Gasteiger partial charge in [-0.25, -0.2) is 24.1 Å². The van der Waals surface area contributed by atoms with Crippen molar-refractivity contribution in [2.24, 2.45) is 0 Å². The number of thiazole rings is 1. The Hall–Kier alpha value is -3.81. The van der Waals surface area contributed by atoms with Gasteiger partial charge in [-0.1, -0.05) is 0 Å². The quantitative estimate of drug-likeness (QED) is 0.298. The van der Waals surface area contributed by atoms with Gasteiger partial charge in [0.25, 0.3) is 5.91 Å². The summed E-state index contributed by atoms with van der Waals surface area (Å²) in [5.74, 6) is -1.61. The van der Waals surface area contributed by atoms with E-state index in [2.05, 4.69) is 20.3 Å². The molecular formula is C29H33F4N5O4S. The number of nitrogens with zero attached hydrogens (tertiary/aromatic N) is 4. The van der Waals surface area contributed by atoms with E-state index in [0.717, 1.165) is 17.3 Å². The molecule has 14 heteroatoms. The zero-order chi connectivity index (χ0) is 31.6. The van der Waals surface area contributed by atoms with Crippen LogP contribution in [0, 0.1) is 6.92 Å². The number of halogens is 4. The average molecular weight is 624 g/mol. The highest BCUT2D eigenvalue weighted by Crippen LogP contribution is 2.32. The Morgan fingerprint density at radius 2 is 1.81 bits per heavy atom. The van der Waals surface area contributed by atoms with E-state index < -0.39 is 41.3 Å². The molecule has 0 radical (unpaired) electrons. The summed E-state index contributed by atoms with van der Waals surface area (Å²) in [5.41, 5.74) is -1.55. The third-order valence-electron chi connectivity index (χ3n) is 6.49. The van der Waals surface area contributed by atoms with Gasteiger partial charge in [0.1, 0.15) is 23.0 Å². The van der Waals surface area contributed by atoms with E-state index in [1.165, 1.54) is 22.3 Å². The number of ether oxygens (including phenoxy) is 2. The van der Waals surface area contributed by atoms with Crippen molar-refractivity contribution in [1.29, 1.82) is 0 Å². The molecule has 0 saturated carbocycles. The summed E-state index contributed by atoms with van der Waals surface area (Å²) in [6.45, 7) is 8.49. The predicted molar refractivity (Wildman–Crippen MR) is 152 cm³/mol. The molecule has 43 heavy (non-hydrogen) atoms. The molecular weight excluding hydrogens is 590 g/mol. The third kappa shape index (κ3) is 8.62. The summed E-state index contributed by atoms with van der Waals surface area (Å²) < 4.78 is 65.7. The van der Waals surface area contributed by atoms with Crippen molar-refractivity contribution >= 4 is 23.3 Å². The highest BCUT2D eigenvalue weighted by molar-refractivity contribution is 7.14. The Morgan fingerprint density at radius 3 is 2.42 bits per heavy atom. The lowest BCUT2D eigenvalue weighted by atomic mass is 9.96. The fraction of sp³-hybridized carbons (Fsp3) is 0.483. The van der Waals surface area contributed by atoms with Crippen LogP contribution in [-0.2, 0) is 10.9 Å². The molecule has 1 fully saturated rings. The van der Waals surface area contributed by atoms with E-state index in [1.54, 1.807) is 46.0 Å². The summed E-state index contributed by atoms with van der Waals surface area (Å²) in [6, 6.07) is 3.99. The van der Waals surface area contributed by atoms with E-state index in [1.807, 2.05) is 6.92 Å². The summed E-state index contributed by atoms with van der Waals surface area (Å²) in [5, 5.41) is 3.34. The van der Waals surface area contributed by atoms with Crippen molar-refractivity contribution in [3.63, 3.8) is 0 Å².